The summed E-state index contributed by atoms with van der Waals surface area (Å²) in [6.07, 6.45) is -4.39. The van der Waals surface area contributed by atoms with E-state index < -0.39 is 11.8 Å². The van der Waals surface area contributed by atoms with Crippen LogP contribution in [0.5, 0.6) is 0 Å². The first-order valence-electron chi connectivity index (χ1n) is 6.30. The van der Waals surface area contributed by atoms with Crippen LogP contribution in [0.1, 0.15) is 27.0 Å². The zero-order chi connectivity index (χ0) is 15.4. The van der Waals surface area contributed by atoms with E-state index in [0.29, 0.717) is 23.0 Å². The normalized spacial score (nSPS) is 20.0. The molecule has 0 aromatic heterocycles. The smallest absolute Gasteiger partial charge is 0.372 e. The average Bonchev–Trinajstić information content (AvgIpc) is 2.70. The molecule has 0 saturated heterocycles. The summed E-state index contributed by atoms with van der Waals surface area (Å²) in [5.41, 5.74) is -2.22. The molecule has 2 aromatic rings. The van der Waals surface area contributed by atoms with E-state index in [1.807, 2.05) is 0 Å². The summed E-state index contributed by atoms with van der Waals surface area (Å²) in [7, 11) is 0. The van der Waals surface area contributed by atoms with Gasteiger partial charge in [-0.25, -0.2) is 0 Å². The molecule has 0 spiro atoms. The minimum atomic E-state index is -4.87. The van der Waals surface area contributed by atoms with Crippen molar-refractivity contribution < 1.29 is 23.1 Å². The van der Waals surface area contributed by atoms with Crippen LogP contribution in [0, 0.1) is 6.92 Å². The fourth-order valence-electron chi connectivity index (χ4n) is 2.99. The van der Waals surface area contributed by atoms with E-state index in [1.54, 1.807) is 19.1 Å². The second kappa shape index (κ2) is 4.18. The van der Waals surface area contributed by atoms with Gasteiger partial charge in [0, 0.05) is 16.7 Å². The van der Waals surface area contributed by atoms with Gasteiger partial charge in [-0.2, -0.15) is 13.2 Å². The predicted octanol–water partition coefficient (Wildman–Crippen LogP) is 3.59. The van der Waals surface area contributed by atoms with E-state index in [1.165, 1.54) is 18.2 Å². The molecule has 1 aliphatic rings. The number of hydrogen-bond acceptors (Lipinski definition) is 2. The van der Waals surface area contributed by atoms with Crippen molar-refractivity contribution in [3.8, 4) is 11.1 Å². The van der Waals surface area contributed by atoms with Crippen molar-refractivity contribution >= 4 is 6.29 Å². The largest absolute Gasteiger partial charge is 0.425 e. The summed E-state index contributed by atoms with van der Waals surface area (Å²) in [5, 5.41) is 10.4. The first-order chi connectivity index (χ1) is 9.80. The van der Waals surface area contributed by atoms with E-state index in [-0.39, 0.29) is 16.7 Å². The van der Waals surface area contributed by atoms with Gasteiger partial charge in [0.05, 0.1) is 0 Å². The maximum absolute atomic E-state index is 13.5. The minimum Gasteiger partial charge on any atom is -0.372 e. The van der Waals surface area contributed by atoms with Crippen LogP contribution in [0.4, 0.5) is 13.2 Å². The van der Waals surface area contributed by atoms with Gasteiger partial charge in [0.15, 0.2) is 0 Å². The highest BCUT2D eigenvalue weighted by Gasteiger charge is 2.61. The summed E-state index contributed by atoms with van der Waals surface area (Å²) in [4.78, 5) is 10.9. The van der Waals surface area contributed by atoms with Gasteiger partial charge in [-0.1, -0.05) is 24.3 Å². The van der Waals surface area contributed by atoms with Crippen molar-refractivity contribution in [2.24, 2.45) is 0 Å². The molecule has 0 radical (unpaired) electrons. The first kappa shape index (κ1) is 13.8. The van der Waals surface area contributed by atoms with Crippen LogP contribution in [0.2, 0.25) is 0 Å². The lowest BCUT2D eigenvalue weighted by molar-refractivity contribution is -0.246. The Kier molecular flexibility index (Phi) is 2.75. The van der Waals surface area contributed by atoms with Crippen molar-refractivity contribution in [3.63, 3.8) is 0 Å². The van der Waals surface area contributed by atoms with Crippen LogP contribution >= 0.6 is 0 Å². The average molecular weight is 292 g/mol. The third-order valence-corrected chi connectivity index (χ3v) is 3.88. The Labute approximate surface area is 118 Å². The van der Waals surface area contributed by atoms with Crippen molar-refractivity contribution in [2.45, 2.75) is 18.7 Å². The van der Waals surface area contributed by atoms with Crippen LogP contribution in [-0.4, -0.2) is 17.6 Å². The van der Waals surface area contributed by atoms with Crippen LogP contribution in [0.3, 0.4) is 0 Å². The highest BCUT2D eigenvalue weighted by atomic mass is 19.4. The number of hydrogen-bond donors (Lipinski definition) is 1. The van der Waals surface area contributed by atoms with Gasteiger partial charge in [0.1, 0.15) is 6.29 Å². The van der Waals surface area contributed by atoms with Gasteiger partial charge in [-0.15, -0.1) is 0 Å². The summed E-state index contributed by atoms with van der Waals surface area (Å²) in [5.74, 6) is 0. The first-order valence-corrected chi connectivity index (χ1v) is 6.30. The molecule has 3 rings (SSSR count). The zero-order valence-corrected chi connectivity index (χ0v) is 11.0. The summed E-state index contributed by atoms with van der Waals surface area (Å²) >= 11 is 0. The monoisotopic (exact) mass is 292 g/mol. The number of carbonyl (C=O) groups excluding carboxylic acids is 1. The molecular formula is C16H11F3O2. The molecule has 0 fully saturated rings. The van der Waals surface area contributed by atoms with Crippen molar-refractivity contribution in [1.29, 1.82) is 0 Å². The lowest BCUT2D eigenvalue weighted by Crippen LogP contribution is -2.41. The lowest BCUT2D eigenvalue weighted by atomic mass is 9.89. The standard InChI is InChI=1S/C16H11F3O2/c1-9-6-10(8-20)7-13-14(9)11-4-2-3-5-12(11)15(13,21)16(17,18)19/h2-8,21H,1H3. The summed E-state index contributed by atoms with van der Waals surface area (Å²) in [6, 6.07) is 8.52. The van der Waals surface area contributed by atoms with Crippen LogP contribution in [0.25, 0.3) is 11.1 Å². The number of alkyl halides is 3. The SMILES string of the molecule is Cc1cc(C=O)cc2c1-c1ccccc1C2(O)C(F)(F)F. The molecule has 21 heavy (non-hydrogen) atoms. The molecule has 0 amide bonds. The van der Waals surface area contributed by atoms with E-state index in [9.17, 15) is 23.1 Å². The predicted molar refractivity (Wildman–Crippen MR) is 71.1 cm³/mol. The topological polar surface area (TPSA) is 37.3 Å². The number of aryl methyl sites for hydroxylation is 1. The molecule has 2 nitrogen and oxygen atoms in total. The maximum Gasteiger partial charge on any atom is 0.425 e. The number of aliphatic hydroxyl groups is 1. The van der Waals surface area contributed by atoms with E-state index >= 15 is 0 Å². The Morgan fingerprint density at radius 1 is 1.14 bits per heavy atom. The van der Waals surface area contributed by atoms with Gasteiger partial charge in [0.2, 0.25) is 5.60 Å². The highest BCUT2D eigenvalue weighted by Crippen LogP contribution is 2.55. The third-order valence-electron chi connectivity index (χ3n) is 3.88. The van der Waals surface area contributed by atoms with Crippen LogP contribution < -0.4 is 0 Å². The lowest BCUT2D eigenvalue weighted by Gasteiger charge is -2.28. The van der Waals surface area contributed by atoms with Crippen LogP contribution in [0.15, 0.2) is 36.4 Å². The number of carbonyl (C=O) groups is 1. The Bertz CT molecular complexity index is 750. The molecule has 1 aliphatic carbocycles. The second-order valence-corrected chi connectivity index (χ2v) is 5.13. The molecule has 0 bridgehead atoms. The Hall–Kier alpha value is -2.14. The van der Waals surface area contributed by atoms with E-state index in [0.717, 1.165) is 6.07 Å². The number of aldehydes is 1. The number of rotatable bonds is 1. The van der Waals surface area contributed by atoms with Gasteiger partial charge in [-0.05, 0) is 35.7 Å². The van der Waals surface area contributed by atoms with Gasteiger partial charge < -0.3 is 5.11 Å². The quantitative estimate of drug-likeness (QED) is 0.816. The molecule has 1 N–H and O–H groups in total. The van der Waals surface area contributed by atoms with Crippen molar-refractivity contribution in [2.75, 3.05) is 0 Å². The number of benzene rings is 2. The molecule has 1 atom stereocenters. The third kappa shape index (κ3) is 1.67. The van der Waals surface area contributed by atoms with E-state index in [2.05, 4.69) is 0 Å². The fourth-order valence-corrected chi connectivity index (χ4v) is 2.99. The molecule has 0 saturated carbocycles. The fraction of sp³-hybridized carbons (Fsp3) is 0.188. The number of halogens is 3. The van der Waals surface area contributed by atoms with Gasteiger partial charge >= 0.3 is 6.18 Å². The Morgan fingerprint density at radius 2 is 1.81 bits per heavy atom. The number of fused-ring (bicyclic) bond motifs is 3. The molecule has 5 heteroatoms. The Morgan fingerprint density at radius 3 is 2.43 bits per heavy atom. The van der Waals surface area contributed by atoms with Crippen molar-refractivity contribution in [3.05, 3.63) is 58.7 Å². The highest BCUT2D eigenvalue weighted by molar-refractivity contribution is 5.87. The Balaban J connectivity index is 2.46. The maximum atomic E-state index is 13.5. The molecule has 2 aromatic carbocycles. The van der Waals surface area contributed by atoms with Crippen LogP contribution in [-0.2, 0) is 5.60 Å². The van der Waals surface area contributed by atoms with Crippen molar-refractivity contribution in [1.82, 2.24) is 0 Å². The molecular weight excluding hydrogens is 281 g/mol. The zero-order valence-electron chi connectivity index (χ0n) is 11.0. The molecule has 0 heterocycles. The van der Waals surface area contributed by atoms with E-state index in [4.69, 9.17) is 0 Å². The summed E-state index contributed by atoms with van der Waals surface area (Å²) < 4.78 is 40.6. The van der Waals surface area contributed by atoms with Gasteiger partial charge in [0.25, 0.3) is 0 Å². The molecule has 108 valence electrons. The minimum absolute atomic E-state index is 0.113. The second-order valence-electron chi connectivity index (χ2n) is 5.13. The molecule has 0 aliphatic heterocycles. The molecule has 1 unspecified atom stereocenters. The van der Waals surface area contributed by atoms with Gasteiger partial charge in [-0.3, -0.25) is 4.79 Å². The summed E-state index contributed by atoms with van der Waals surface area (Å²) in [6.45, 7) is 1.63.